The monoisotopic (exact) mass is 205 g/mol. The van der Waals surface area contributed by atoms with Crippen molar-refractivity contribution in [2.24, 2.45) is 5.73 Å². The number of nitrogens with two attached hydrogens (primary N) is 1. The van der Waals surface area contributed by atoms with Crippen LogP contribution in [0.1, 0.15) is 18.4 Å². The van der Waals surface area contributed by atoms with Crippen LogP contribution in [0.3, 0.4) is 0 Å². The Labute approximate surface area is 91.3 Å². The lowest BCUT2D eigenvalue weighted by molar-refractivity contribution is 0.211. The zero-order valence-electron chi connectivity index (χ0n) is 9.10. The van der Waals surface area contributed by atoms with Gasteiger partial charge >= 0.3 is 0 Å². The highest BCUT2D eigenvalue weighted by atomic mass is 15.1. The number of aromatic nitrogens is 1. The molecule has 0 spiro atoms. The molecule has 0 aliphatic carbocycles. The molecular weight excluding hydrogens is 186 g/mol. The van der Waals surface area contributed by atoms with Gasteiger partial charge in [0, 0.05) is 31.5 Å². The predicted molar refractivity (Wildman–Crippen MR) is 61.6 cm³/mol. The quantitative estimate of drug-likeness (QED) is 0.802. The van der Waals surface area contributed by atoms with Crippen molar-refractivity contribution in [3.05, 3.63) is 30.1 Å². The molecule has 2 rings (SSSR count). The van der Waals surface area contributed by atoms with Crippen molar-refractivity contribution in [3.63, 3.8) is 0 Å². The zero-order valence-corrected chi connectivity index (χ0v) is 9.10. The summed E-state index contributed by atoms with van der Waals surface area (Å²) in [7, 11) is 0. The van der Waals surface area contributed by atoms with Crippen molar-refractivity contribution >= 4 is 0 Å². The maximum Gasteiger partial charge on any atom is 0.0300 e. The van der Waals surface area contributed by atoms with Gasteiger partial charge in [-0.25, -0.2) is 0 Å². The fourth-order valence-corrected chi connectivity index (χ4v) is 2.13. The van der Waals surface area contributed by atoms with E-state index in [9.17, 15) is 0 Å². The first-order valence-corrected chi connectivity index (χ1v) is 5.71. The van der Waals surface area contributed by atoms with E-state index in [2.05, 4.69) is 16.0 Å². The zero-order chi connectivity index (χ0) is 10.5. The molecule has 1 aliphatic rings. The van der Waals surface area contributed by atoms with Gasteiger partial charge in [0.1, 0.15) is 0 Å². The third-order valence-corrected chi connectivity index (χ3v) is 2.98. The van der Waals surface area contributed by atoms with Crippen molar-refractivity contribution < 1.29 is 0 Å². The molecule has 3 nitrogen and oxygen atoms in total. The van der Waals surface area contributed by atoms with Crippen LogP contribution in [0.15, 0.2) is 24.5 Å². The SMILES string of the molecule is N[C@@H]1CCCN(CCc2cccnc2)C1. The summed E-state index contributed by atoms with van der Waals surface area (Å²) in [6.07, 6.45) is 7.28. The van der Waals surface area contributed by atoms with Crippen LogP contribution in [0.2, 0.25) is 0 Å². The van der Waals surface area contributed by atoms with Gasteiger partial charge in [-0.1, -0.05) is 6.07 Å². The van der Waals surface area contributed by atoms with Crippen molar-refractivity contribution in [1.29, 1.82) is 0 Å². The molecule has 1 aromatic heterocycles. The van der Waals surface area contributed by atoms with Crippen molar-refractivity contribution in [2.45, 2.75) is 25.3 Å². The van der Waals surface area contributed by atoms with E-state index in [4.69, 9.17) is 5.73 Å². The summed E-state index contributed by atoms with van der Waals surface area (Å²) in [5.74, 6) is 0. The van der Waals surface area contributed by atoms with E-state index in [1.54, 1.807) is 0 Å². The number of pyridine rings is 1. The lowest BCUT2D eigenvalue weighted by Crippen LogP contribution is -2.43. The summed E-state index contributed by atoms with van der Waals surface area (Å²) < 4.78 is 0. The Hall–Kier alpha value is -0.930. The molecule has 2 N–H and O–H groups in total. The van der Waals surface area contributed by atoms with Gasteiger partial charge in [-0.2, -0.15) is 0 Å². The lowest BCUT2D eigenvalue weighted by atomic mass is 10.1. The molecule has 1 aromatic rings. The normalized spacial score (nSPS) is 22.9. The van der Waals surface area contributed by atoms with Gasteiger partial charge in [0.25, 0.3) is 0 Å². The molecule has 2 heterocycles. The second kappa shape index (κ2) is 5.24. The number of hydrogen-bond acceptors (Lipinski definition) is 3. The van der Waals surface area contributed by atoms with Crippen LogP contribution in [-0.2, 0) is 6.42 Å². The van der Waals surface area contributed by atoms with E-state index in [0.29, 0.717) is 6.04 Å². The minimum atomic E-state index is 0.382. The average Bonchev–Trinajstić information content (AvgIpc) is 2.28. The fourth-order valence-electron chi connectivity index (χ4n) is 2.13. The van der Waals surface area contributed by atoms with Gasteiger partial charge in [0.05, 0.1) is 0 Å². The first-order chi connectivity index (χ1) is 7.34. The number of likely N-dealkylation sites (tertiary alicyclic amines) is 1. The topological polar surface area (TPSA) is 42.1 Å². The molecule has 1 saturated heterocycles. The third-order valence-electron chi connectivity index (χ3n) is 2.98. The predicted octanol–water partition coefficient (Wildman–Crippen LogP) is 1.05. The third kappa shape index (κ3) is 3.29. The lowest BCUT2D eigenvalue weighted by Gasteiger charge is -2.30. The molecule has 0 amide bonds. The molecule has 82 valence electrons. The number of piperidine rings is 1. The molecule has 1 atom stereocenters. The van der Waals surface area contributed by atoms with E-state index in [-0.39, 0.29) is 0 Å². The highest BCUT2D eigenvalue weighted by molar-refractivity contribution is 5.08. The molecule has 1 fully saturated rings. The van der Waals surface area contributed by atoms with Crippen LogP contribution < -0.4 is 5.73 Å². The van der Waals surface area contributed by atoms with Crippen LogP contribution in [-0.4, -0.2) is 35.6 Å². The molecule has 0 aromatic carbocycles. The summed E-state index contributed by atoms with van der Waals surface area (Å²) in [6, 6.07) is 4.52. The van der Waals surface area contributed by atoms with E-state index in [1.165, 1.54) is 24.9 Å². The molecular formula is C12H19N3. The Morgan fingerprint density at radius 2 is 2.47 bits per heavy atom. The smallest absolute Gasteiger partial charge is 0.0300 e. The average molecular weight is 205 g/mol. The molecule has 0 bridgehead atoms. The minimum absolute atomic E-state index is 0.382. The first-order valence-electron chi connectivity index (χ1n) is 5.71. The summed E-state index contributed by atoms with van der Waals surface area (Å²) in [4.78, 5) is 6.58. The minimum Gasteiger partial charge on any atom is -0.327 e. The van der Waals surface area contributed by atoms with Gasteiger partial charge in [0.2, 0.25) is 0 Å². The number of hydrogen-bond donors (Lipinski definition) is 1. The molecule has 0 saturated carbocycles. The number of nitrogens with zero attached hydrogens (tertiary/aromatic N) is 2. The molecule has 3 heteroatoms. The van der Waals surface area contributed by atoms with Crippen LogP contribution in [0.4, 0.5) is 0 Å². The Kier molecular flexibility index (Phi) is 3.69. The Morgan fingerprint density at radius 3 is 3.20 bits per heavy atom. The Morgan fingerprint density at radius 1 is 1.53 bits per heavy atom. The van der Waals surface area contributed by atoms with E-state index < -0.39 is 0 Å². The van der Waals surface area contributed by atoms with Crippen LogP contribution in [0, 0.1) is 0 Å². The fraction of sp³-hybridized carbons (Fsp3) is 0.583. The van der Waals surface area contributed by atoms with Crippen molar-refractivity contribution in [1.82, 2.24) is 9.88 Å². The van der Waals surface area contributed by atoms with Gasteiger partial charge in [-0.3, -0.25) is 4.98 Å². The van der Waals surface area contributed by atoms with Gasteiger partial charge in [0.15, 0.2) is 0 Å². The van der Waals surface area contributed by atoms with Crippen molar-refractivity contribution in [2.75, 3.05) is 19.6 Å². The summed E-state index contributed by atoms with van der Waals surface area (Å²) >= 11 is 0. The second-order valence-corrected chi connectivity index (χ2v) is 4.31. The molecule has 15 heavy (non-hydrogen) atoms. The maximum absolute atomic E-state index is 5.94. The van der Waals surface area contributed by atoms with E-state index >= 15 is 0 Å². The summed E-state index contributed by atoms with van der Waals surface area (Å²) in [5, 5.41) is 0. The van der Waals surface area contributed by atoms with Gasteiger partial charge in [-0.15, -0.1) is 0 Å². The highest BCUT2D eigenvalue weighted by Gasteiger charge is 2.15. The summed E-state index contributed by atoms with van der Waals surface area (Å²) in [5.41, 5.74) is 7.26. The maximum atomic E-state index is 5.94. The Balaban J connectivity index is 1.78. The molecule has 0 radical (unpaired) electrons. The first kappa shape index (κ1) is 10.6. The van der Waals surface area contributed by atoms with Gasteiger partial charge in [-0.05, 0) is 37.4 Å². The summed E-state index contributed by atoms with van der Waals surface area (Å²) in [6.45, 7) is 3.37. The highest BCUT2D eigenvalue weighted by Crippen LogP contribution is 2.09. The molecule has 1 aliphatic heterocycles. The second-order valence-electron chi connectivity index (χ2n) is 4.31. The van der Waals surface area contributed by atoms with Crippen LogP contribution >= 0.6 is 0 Å². The van der Waals surface area contributed by atoms with Crippen molar-refractivity contribution in [3.8, 4) is 0 Å². The van der Waals surface area contributed by atoms with Gasteiger partial charge < -0.3 is 10.6 Å². The van der Waals surface area contributed by atoms with E-state index in [0.717, 1.165) is 19.5 Å². The largest absolute Gasteiger partial charge is 0.327 e. The standard InChI is InChI=1S/C12H19N3/c13-12-4-2-7-15(10-12)8-5-11-3-1-6-14-9-11/h1,3,6,9,12H,2,4-5,7-8,10,13H2/t12-/m1/s1. The van der Waals surface area contributed by atoms with E-state index in [1.807, 2.05) is 18.5 Å². The van der Waals surface area contributed by atoms with Crippen LogP contribution in [0.5, 0.6) is 0 Å². The number of rotatable bonds is 3. The Bertz CT molecular complexity index is 286. The molecule has 0 unspecified atom stereocenters. The van der Waals surface area contributed by atoms with Crippen LogP contribution in [0.25, 0.3) is 0 Å².